The lowest BCUT2D eigenvalue weighted by Crippen LogP contribution is -2.59. The van der Waals surface area contributed by atoms with Gasteiger partial charge >= 0.3 is 6.09 Å². The monoisotopic (exact) mass is 240 g/mol. The van der Waals surface area contributed by atoms with Crippen molar-refractivity contribution in [2.75, 3.05) is 13.2 Å². The van der Waals surface area contributed by atoms with Crippen molar-refractivity contribution in [3.63, 3.8) is 0 Å². The molecule has 1 saturated heterocycles. The van der Waals surface area contributed by atoms with Gasteiger partial charge in [0.25, 0.3) is 0 Å². The van der Waals surface area contributed by atoms with Crippen molar-refractivity contribution >= 4 is 17.7 Å². The second-order valence-electron chi connectivity index (χ2n) is 4.12. The summed E-state index contributed by atoms with van der Waals surface area (Å²) in [6.45, 7) is 2.68. The number of carbonyl (C=O) groups excluding carboxylic acids is 1. The van der Waals surface area contributed by atoms with Crippen LogP contribution in [0.15, 0.2) is 12.2 Å². The normalized spacial score (nSPS) is 35.9. The van der Waals surface area contributed by atoms with Gasteiger partial charge in [0.2, 0.25) is 0 Å². The van der Waals surface area contributed by atoms with E-state index in [1.54, 1.807) is 11.8 Å². The Morgan fingerprint density at radius 3 is 3.06 bits per heavy atom. The van der Waals surface area contributed by atoms with Gasteiger partial charge in [-0.25, -0.2) is 4.79 Å². The molecule has 16 heavy (non-hydrogen) atoms. The molecule has 2 aliphatic heterocycles. The van der Waals surface area contributed by atoms with Gasteiger partial charge in [0, 0.05) is 6.54 Å². The van der Waals surface area contributed by atoms with Crippen LogP contribution < -0.4 is 0 Å². The van der Waals surface area contributed by atoms with Crippen molar-refractivity contribution < 1.29 is 9.53 Å². The van der Waals surface area contributed by atoms with Crippen LogP contribution in [0.4, 0.5) is 4.79 Å². The van der Waals surface area contributed by atoms with Gasteiger partial charge in [-0.05, 0) is 19.3 Å². The van der Waals surface area contributed by atoms with E-state index in [0.717, 1.165) is 0 Å². The van der Waals surface area contributed by atoms with Gasteiger partial charge in [-0.2, -0.15) is 5.26 Å². The minimum absolute atomic E-state index is 0.159. The molecule has 2 bridgehead atoms. The number of piperidine rings is 1. The lowest BCUT2D eigenvalue weighted by molar-refractivity contribution is 0.0673. The van der Waals surface area contributed by atoms with E-state index >= 15 is 0 Å². The average molecular weight is 241 g/mol. The highest BCUT2D eigenvalue weighted by atomic mass is 35.5. The summed E-state index contributed by atoms with van der Waals surface area (Å²) in [5.74, 6) is 0.159. The molecule has 3 atom stereocenters. The summed E-state index contributed by atoms with van der Waals surface area (Å²) in [4.78, 5) is 12.2. The molecule has 5 heteroatoms. The summed E-state index contributed by atoms with van der Waals surface area (Å²) in [5, 5.41) is 9.11. The number of hydrogen-bond donors (Lipinski definition) is 0. The zero-order valence-electron chi connectivity index (χ0n) is 9.02. The third-order valence-corrected chi connectivity index (χ3v) is 3.51. The molecule has 0 N–H and O–H groups in total. The van der Waals surface area contributed by atoms with Crippen LogP contribution in [0.25, 0.3) is 0 Å². The Bertz CT molecular complexity index is 377. The molecule has 3 unspecified atom stereocenters. The second kappa shape index (κ2) is 3.99. The predicted molar refractivity (Wildman–Crippen MR) is 59.0 cm³/mol. The van der Waals surface area contributed by atoms with Crippen molar-refractivity contribution in [3.8, 4) is 6.07 Å². The summed E-state index contributed by atoms with van der Waals surface area (Å²) in [6, 6.07) is 1.73. The first-order chi connectivity index (χ1) is 7.60. The van der Waals surface area contributed by atoms with E-state index in [1.165, 1.54) is 0 Å². The SMILES string of the molecule is CCOC(=O)N1CC2C=CC1C(Cl)(C#N)C2. The van der Waals surface area contributed by atoms with E-state index in [9.17, 15) is 4.79 Å². The molecule has 1 amide bonds. The standard InChI is InChI=1S/C11H13ClN2O2/c1-2-16-10(15)14-6-8-3-4-9(14)11(12,5-8)7-13/h3-4,8-9H,2,5-6H2,1H3. The summed E-state index contributed by atoms with van der Waals surface area (Å²) in [7, 11) is 0. The lowest BCUT2D eigenvalue weighted by Gasteiger charge is -2.47. The van der Waals surface area contributed by atoms with E-state index < -0.39 is 4.87 Å². The smallest absolute Gasteiger partial charge is 0.410 e. The van der Waals surface area contributed by atoms with Crippen molar-refractivity contribution in [3.05, 3.63) is 12.2 Å². The quantitative estimate of drug-likeness (QED) is 0.520. The fourth-order valence-corrected chi connectivity index (χ4v) is 2.72. The van der Waals surface area contributed by atoms with Crippen molar-refractivity contribution in [2.24, 2.45) is 5.92 Å². The van der Waals surface area contributed by atoms with Crippen LogP contribution >= 0.6 is 11.6 Å². The largest absolute Gasteiger partial charge is 0.450 e. The summed E-state index contributed by atoms with van der Waals surface area (Å²) in [6.07, 6.45) is 4.08. The van der Waals surface area contributed by atoms with Gasteiger partial charge in [0.05, 0.1) is 18.7 Å². The van der Waals surface area contributed by atoms with Gasteiger partial charge in [-0.3, -0.25) is 4.90 Å². The number of halogens is 1. The Hall–Kier alpha value is -1.21. The lowest BCUT2D eigenvalue weighted by atomic mass is 9.78. The summed E-state index contributed by atoms with van der Waals surface area (Å²) >= 11 is 6.23. The third-order valence-electron chi connectivity index (χ3n) is 3.05. The maximum atomic E-state index is 11.7. The Morgan fingerprint density at radius 1 is 1.75 bits per heavy atom. The Kier molecular flexibility index (Phi) is 2.81. The highest BCUT2D eigenvalue weighted by Crippen LogP contribution is 2.41. The maximum Gasteiger partial charge on any atom is 0.410 e. The van der Waals surface area contributed by atoms with Gasteiger partial charge in [0.1, 0.15) is 0 Å². The number of nitriles is 1. The molecule has 0 aromatic carbocycles. The number of fused-ring (bicyclic) bond motifs is 2. The number of rotatable bonds is 1. The highest BCUT2D eigenvalue weighted by molar-refractivity contribution is 6.26. The molecule has 2 heterocycles. The highest BCUT2D eigenvalue weighted by Gasteiger charge is 2.50. The van der Waals surface area contributed by atoms with Crippen LogP contribution in [0, 0.1) is 17.2 Å². The third kappa shape index (κ3) is 1.65. The molecule has 3 rings (SSSR count). The Balaban J connectivity index is 2.23. The minimum atomic E-state index is -0.996. The topological polar surface area (TPSA) is 53.3 Å². The molecule has 4 nitrogen and oxygen atoms in total. The maximum absolute atomic E-state index is 11.7. The van der Waals surface area contributed by atoms with Crippen molar-refractivity contribution in [1.82, 2.24) is 4.90 Å². The molecule has 0 spiro atoms. The van der Waals surface area contributed by atoms with Crippen LogP contribution in [-0.4, -0.2) is 35.1 Å². The molecule has 0 radical (unpaired) electrons. The Labute approximate surface area is 99.4 Å². The molecular formula is C11H13ClN2O2. The van der Waals surface area contributed by atoms with E-state index in [-0.39, 0.29) is 18.1 Å². The predicted octanol–water partition coefficient (Wildman–Crippen LogP) is 1.90. The van der Waals surface area contributed by atoms with Crippen molar-refractivity contribution in [2.45, 2.75) is 24.3 Å². The summed E-state index contributed by atoms with van der Waals surface area (Å²) in [5.41, 5.74) is 0. The Morgan fingerprint density at radius 2 is 2.50 bits per heavy atom. The van der Waals surface area contributed by atoms with Gasteiger partial charge in [0.15, 0.2) is 4.87 Å². The summed E-state index contributed by atoms with van der Waals surface area (Å²) < 4.78 is 4.96. The zero-order chi connectivity index (χ0) is 11.8. The molecular weight excluding hydrogens is 228 g/mol. The van der Waals surface area contributed by atoms with E-state index in [2.05, 4.69) is 6.07 Å². The minimum Gasteiger partial charge on any atom is -0.450 e. The fraction of sp³-hybridized carbons (Fsp3) is 0.636. The van der Waals surface area contributed by atoms with E-state index in [1.807, 2.05) is 12.2 Å². The molecule has 0 aromatic heterocycles. The number of hydrogen-bond acceptors (Lipinski definition) is 3. The van der Waals surface area contributed by atoms with Crippen LogP contribution in [0.5, 0.6) is 0 Å². The van der Waals surface area contributed by atoms with Crippen molar-refractivity contribution in [1.29, 1.82) is 5.26 Å². The molecule has 3 aliphatic rings. The molecule has 1 aliphatic carbocycles. The van der Waals surface area contributed by atoms with E-state index in [4.69, 9.17) is 21.6 Å². The second-order valence-corrected chi connectivity index (χ2v) is 4.79. The number of nitrogens with zero attached hydrogens (tertiary/aromatic N) is 2. The number of ether oxygens (including phenoxy) is 1. The van der Waals surface area contributed by atoms with Crippen LogP contribution in [0.3, 0.4) is 0 Å². The first-order valence-electron chi connectivity index (χ1n) is 5.32. The molecule has 1 fully saturated rings. The first-order valence-corrected chi connectivity index (χ1v) is 5.70. The first kappa shape index (κ1) is 11.3. The van der Waals surface area contributed by atoms with Gasteiger partial charge in [-0.15, -0.1) is 11.6 Å². The van der Waals surface area contributed by atoms with Gasteiger partial charge in [-0.1, -0.05) is 12.2 Å². The fourth-order valence-electron chi connectivity index (χ4n) is 2.33. The molecule has 0 saturated carbocycles. The number of alkyl halides is 1. The number of amides is 1. The van der Waals surface area contributed by atoms with Crippen LogP contribution in [0.1, 0.15) is 13.3 Å². The van der Waals surface area contributed by atoms with Crippen LogP contribution in [0.2, 0.25) is 0 Å². The molecule has 0 aromatic rings. The number of carbonyl (C=O) groups is 1. The van der Waals surface area contributed by atoms with Gasteiger partial charge < -0.3 is 4.74 Å². The average Bonchev–Trinajstić information content (AvgIpc) is 2.29. The zero-order valence-corrected chi connectivity index (χ0v) is 9.78. The van der Waals surface area contributed by atoms with Crippen LogP contribution in [-0.2, 0) is 4.74 Å². The molecule has 86 valence electrons. The van der Waals surface area contributed by atoms with E-state index in [0.29, 0.717) is 19.6 Å².